The van der Waals surface area contributed by atoms with Gasteiger partial charge in [0.15, 0.2) is 11.5 Å². The fourth-order valence-electron chi connectivity index (χ4n) is 3.72. The number of fused-ring (bicyclic) bond motifs is 1. The molecule has 1 aliphatic carbocycles. The number of allylic oxidation sites excluding steroid dienone is 1. The maximum atomic E-state index is 13.4. The first kappa shape index (κ1) is 20.4. The zero-order valence-electron chi connectivity index (χ0n) is 16.6. The number of rotatable bonds is 3. The minimum absolute atomic E-state index is 0.00105. The summed E-state index contributed by atoms with van der Waals surface area (Å²) in [4.78, 5) is 29.3. The Bertz CT molecular complexity index is 1120. The van der Waals surface area contributed by atoms with Crippen LogP contribution >= 0.6 is 11.6 Å². The summed E-state index contributed by atoms with van der Waals surface area (Å²) in [7, 11) is 1.37. The lowest BCUT2D eigenvalue weighted by molar-refractivity contribution is -0.118. The van der Waals surface area contributed by atoms with E-state index in [-0.39, 0.29) is 51.6 Å². The van der Waals surface area contributed by atoms with Gasteiger partial charge in [-0.3, -0.25) is 9.59 Å². The van der Waals surface area contributed by atoms with Crippen LogP contribution in [0.4, 0.5) is 0 Å². The van der Waals surface area contributed by atoms with Gasteiger partial charge < -0.3 is 24.2 Å². The number of ketones is 2. The van der Waals surface area contributed by atoms with Gasteiger partial charge in [0.25, 0.3) is 5.89 Å². The van der Waals surface area contributed by atoms with Crippen molar-refractivity contribution >= 4 is 23.2 Å². The molecule has 0 fully saturated rings. The molecule has 0 radical (unpaired) electrons. The van der Waals surface area contributed by atoms with Gasteiger partial charge in [-0.2, -0.15) is 4.98 Å². The highest BCUT2D eigenvalue weighted by molar-refractivity contribution is 6.36. The van der Waals surface area contributed by atoms with Crippen molar-refractivity contribution in [2.45, 2.75) is 38.4 Å². The lowest BCUT2D eigenvalue weighted by Gasteiger charge is -2.34. The molecular formula is C20H19ClN2O7. The van der Waals surface area contributed by atoms with Crippen molar-refractivity contribution in [3.8, 4) is 23.0 Å². The molecule has 2 atom stereocenters. The molecule has 1 aliphatic heterocycles. The highest BCUT2D eigenvalue weighted by Crippen LogP contribution is 2.53. The van der Waals surface area contributed by atoms with Crippen molar-refractivity contribution in [3.05, 3.63) is 34.3 Å². The molecule has 1 spiro atoms. The highest BCUT2D eigenvalue weighted by atomic mass is 35.5. The summed E-state index contributed by atoms with van der Waals surface area (Å²) in [5.74, 6) is -1.82. The first-order valence-corrected chi connectivity index (χ1v) is 9.53. The fourth-order valence-corrected chi connectivity index (χ4v) is 3.99. The molecule has 158 valence electrons. The SMILES string of the molecule is COc1cc(-c2nc(C(C)(C)O)no2)c(Cl)c2c1C(=O)[C@@]1(O2)C(O)=CC(=O)C[C@H]1C. The third kappa shape index (κ3) is 2.73. The predicted octanol–water partition coefficient (Wildman–Crippen LogP) is 2.99. The first-order chi connectivity index (χ1) is 14.0. The van der Waals surface area contributed by atoms with Crippen LogP contribution in [-0.2, 0) is 10.4 Å². The van der Waals surface area contributed by atoms with Gasteiger partial charge in [-0.05, 0) is 19.9 Å². The van der Waals surface area contributed by atoms with Gasteiger partial charge in [-0.25, -0.2) is 0 Å². The summed E-state index contributed by atoms with van der Waals surface area (Å²) in [5.41, 5.74) is -2.83. The number of carbonyl (C=O) groups is 2. The van der Waals surface area contributed by atoms with E-state index >= 15 is 0 Å². The van der Waals surface area contributed by atoms with Crippen molar-refractivity contribution < 1.29 is 33.8 Å². The number of aromatic nitrogens is 2. The van der Waals surface area contributed by atoms with Crippen LogP contribution in [0.2, 0.25) is 5.02 Å². The Labute approximate surface area is 176 Å². The van der Waals surface area contributed by atoms with E-state index in [0.717, 1.165) is 6.08 Å². The van der Waals surface area contributed by atoms with E-state index in [0.29, 0.717) is 0 Å². The molecule has 0 unspecified atom stereocenters. The van der Waals surface area contributed by atoms with Crippen molar-refractivity contribution in [1.82, 2.24) is 10.1 Å². The number of aliphatic hydroxyl groups is 2. The summed E-state index contributed by atoms with van der Waals surface area (Å²) < 4.78 is 16.6. The lowest BCUT2D eigenvalue weighted by Crippen LogP contribution is -2.51. The highest BCUT2D eigenvalue weighted by Gasteiger charge is 2.59. The van der Waals surface area contributed by atoms with Crippen LogP contribution in [0.15, 0.2) is 22.4 Å². The normalized spacial score (nSPS) is 23.4. The molecule has 2 aromatic rings. The van der Waals surface area contributed by atoms with Gasteiger partial charge in [0.2, 0.25) is 17.2 Å². The molecule has 1 aromatic carbocycles. The molecule has 10 heteroatoms. The quantitative estimate of drug-likeness (QED) is 0.747. The first-order valence-electron chi connectivity index (χ1n) is 9.16. The molecule has 1 aromatic heterocycles. The van der Waals surface area contributed by atoms with Crippen molar-refractivity contribution in [2.24, 2.45) is 5.92 Å². The topological polar surface area (TPSA) is 132 Å². The second-order valence-electron chi connectivity index (χ2n) is 7.89. The fraction of sp³-hybridized carbons (Fsp3) is 0.400. The molecule has 0 bridgehead atoms. The number of hydrogen-bond donors (Lipinski definition) is 2. The third-order valence-corrected chi connectivity index (χ3v) is 5.69. The molecule has 2 heterocycles. The van der Waals surface area contributed by atoms with E-state index in [1.807, 2.05) is 0 Å². The number of nitrogens with zero attached hydrogens (tertiary/aromatic N) is 2. The van der Waals surface area contributed by atoms with E-state index in [4.69, 9.17) is 25.6 Å². The lowest BCUT2D eigenvalue weighted by atomic mass is 9.75. The monoisotopic (exact) mass is 434 g/mol. The summed E-state index contributed by atoms with van der Waals surface area (Å²) in [6, 6.07) is 1.45. The van der Waals surface area contributed by atoms with E-state index < -0.39 is 28.7 Å². The second kappa shape index (κ2) is 6.55. The van der Waals surface area contributed by atoms with Crippen LogP contribution < -0.4 is 9.47 Å². The average molecular weight is 435 g/mol. The molecule has 2 aliphatic rings. The molecule has 0 saturated carbocycles. The minimum Gasteiger partial charge on any atom is -0.507 e. The standard InChI is InChI=1S/C20H19ClN2O7/c1-8-5-9(24)6-12(25)20(8)16(26)13-11(28-4)7-10(14(21)15(13)29-20)17-22-18(23-30-17)19(2,3)27/h6-8,25,27H,5H2,1-4H3/t8-,20+/m1/s1. The average Bonchev–Trinajstić information content (AvgIpc) is 3.25. The van der Waals surface area contributed by atoms with Crippen LogP contribution in [-0.4, -0.2) is 44.6 Å². The van der Waals surface area contributed by atoms with Crippen LogP contribution in [0.1, 0.15) is 43.4 Å². The van der Waals surface area contributed by atoms with Crippen LogP contribution in [0.25, 0.3) is 11.5 Å². The summed E-state index contributed by atoms with van der Waals surface area (Å²) in [6.45, 7) is 4.64. The molecule has 9 nitrogen and oxygen atoms in total. The van der Waals surface area contributed by atoms with Gasteiger partial charge in [0.05, 0.1) is 17.7 Å². The van der Waals surface area contributed by atoms with Gasteiger partial charge in [0, 0.05) is 18.4 Å². The molecule has 0 amide bonds. The summed E-state index contributed by atoms with van der Waals surface area (Å²) >= 11 is 6.54. The van der Waals surface area contributed by atoms with Crippen LogP contribution in [0.5, 0.6) is 11.5 Å². The molecule has 0 saturated heterocycles. The Morgan fingerprint density at radius 2 is 2.07 bits per heavy atom. The van der Waals surface area contributed by atoms with Crippen LogP contribution in [0, 0.1) is 5.92 Å². The number of carbonyl (C=O) groups excluding carboxylic acids is 2. The van der Waals surface area contributed by atoms with E-state index in [9.17, 15) is 19.8 Å². The number of methoxy groups -OCH3 is 1. The van der Waals surface area contributed by atoms with E-state index in [1.54, 1.807) is 6.92 Å². The number of ether oxygens (including phenoxy) is 2. The summed E-state index contributed by atoms with van der Waals surface area (Å²) in [6.07, 6.45) is 1.02. The van der Waals surface area contributed by atoms with Crippen molar-refractivity contribution in [3.63, 3.8) is 0 Å². The largest absolute Gasteiger partial charge is 0.507 e. The van der Waals surface area contributed by atoms with Gasteiger partial charge in [0.1, 0.15) is 22.7 Å². The maximum Gasteiger partial charge on any atom is 0.259 e. The Hall–Kier alpha value is -2.91. The Kier molecular flexibility index (Phi) is 4.44. The summed E-state index contributed by atoms with van der Waals surface area (Å²) in [5, 5.41) is 24.4. The zero-order chi connectivity index (χ0) is 22.0. The van der Waals surface area contributed by atoms with E-state index in [2.05, 4.69) is 10.1 Å². The van der Waals surface area contributed by atoms with Gasteiger partial charge in [-0.15, -0.1) is 0 Å². The second-order valence-corrected chi connectivity index (χ2v) is 8.27. The van der Waals surface area contributed by atoms with Gasteiger partial charge >= 0.3 is 0 Å². The molecular weight excluding hydrogens is 416 g/mol. The molecule has 2 N–H and O–H groups in total. The molecule has 30 heavy (non-hydrogen) atoms. The number of halogens is 1. The van der Waals surface area contributed by atoms with Crippen molar-refractivity contribution in [1.29, 1.82) is 0 Å². The Morgan fingerprint density at radius 3 is 2.63 bits per heavy atom. The van der Waals surface area contributed by atoms with Gasteiger partial charge in [-0.1, -0.05) is 23.7 Å². The van der Waals surface area contributed by atoms with Crippen molar-refractivity contribution in [2.75, 3.05) is 7.11 Å². The maximum absolute atomic E-state index is 13.4. The number of Topliss-reactive ketones (excluding diaryl/α,β-unsaturated/α-hetero) is 1. The number of benzene rings is 1. The Balaban J connectivity index is 1.90. The Morgan fingerprint density at radius 1 is 1.37 bits per heavy atom. The smallest absolute Gasteiger partial charge is 0.259 e. The number of hydrogen-bond acceptors (Lipinski definition) is 9. The minimum atomic E-state index is -1.77. The molecule has 4 rings (SSSR count). The zero-order valence-corrected chi connectivity index (χ0v) is 17.4. The number of aliphatic hydroxyl groups excluding tert-OH is 1. The predicted molar refractivity (Wildman–Crippen MR) is 104 cm³/mol. The van der Waals surface area contributed by atoms with E-state index in [1.165, 1.54) is 27.0 Å². The van der Waals surface area contributed by atoms with Crippen LogP contribution in [0.3, 0.4) is 0 Å². The third-order valence-electron chi connectivity index (χ3n) is 5.32.